The molecule has 0 unspecified atom stereocenters. The summed E-state index contributed by atoms with van der Waals surface area (Å²) >= 11 is 2.96. The highest BCUT2D eigenvalue weighted by Crippen LogP contribution is 2.31. The lowest BCUT2D eigenvalue weighted by Crippen LogP contribution is -2.46. The molecule has 122 valence electrons. The van der Waals surface area contributed by atoms with Crippen LogP contribution in [0.15, 0.2) is 16.6 Å². The standard InChI is InChI=1S/C15H18BrF2NO3/c1-14(2,3)22-13(21)19-15(4,5-6-20)9-7-10(16)12(18)8-11(9)17/h6-8H,5H2,1-4H3,(H,19,21)/t15-/m0/s1. The normalized spacial score (nSPS) is 14.1. The fraction of sp³-hybridized carbons (Fsp3) is 0.467. The molecule has 1 rings (SSSR count). The third-order valence-electron chi connectivity index (χ3n) is 2.87. The fourth-order valence-corrected chi connectivity index (χ4v) is 2.21. The largest absolute Gasteiger partial charge is 0.444 e. The molecule has 0 bridgehead atoms. The molecule has 0 aliphatic carbocycles. The number of halogens is 3. The van der Waals surface area contributed by atoms with Crippen LogP contribution >= 0.6 is 15.9 Å². The predicted octanol–water partition coefficient (Wildman–Crippen LogP) is 4.06. The number of carbonyl (C=O) groups excluding carboxylic acids is 2. The number of aldehydes is 1. The monoisotopic (exact) mass is 377 g/mol. The number of alkyl carbamates (subject to hydrolysis) is 1. The highest BCUT2D eigenvalue weighted by atomic mass is 79.9. The Balaban J connectivity index is 3.18. The van der Waals surface area contributed by atoms with E-state index >= 15 is 0 Å². The molecule has 0 aromatic heterocycles. The van der Waals surface area contributed by atoms with Crippen molar-refractivity contribution in [2.75, 3.05) is 0 Å². The van der Waals surface area contributed by atoms with Crippen LogP contribution in [0.3, 0.4) is 0 Å². The highest BCUT2D eigenvalue weighted by molar-refractivity contribution is 9.10. The van der Waals surface area contributed by atoms with Gasteiger partial charge in [0.05, 0.1) is 10.0 Å². The second-order valence-electron chi connectivity index (χ2n) is 6.08. The van der Waals surface area contributed by atoms with Crippen LogP contribution in [-0.4, -0.2) is 18.0 Å². The molecule has 22 heavy (non-hydrogen) atoms. The third-order valence-corrected chi connectivity index (χ3v) is 3.48. The first kappa shape index (κ1) is 18.5. The Hall–Kier alpha value is -1.50. The minimum atomic E-state index is -1.36. The number of carbonyl (C=O) groups is 2. The van der Waals surface area contributed by atoms with Crippen LogP contribution in [-0.2, 0) is 15.1 Å². The summed E-state index contributed by atoms with van der Waals surface area (Å²) in [6, 6.07) is 1.89. The molecule has 0 spiro atoms. The smallest absolute Gasteiger partial charge is 0.408 e. The molecule has 0 saturated heterocycles. The zero-order chi connectivity index (χ0) is 17.1. The van der Waals surface area contributed by atoms with Crippen LogP contribution in [0.1, 0.15) is 39.7 Å². The number of rotatable bonds is 4. The molecule has 1 amide bonds. The Bertz CT molecular complexity index is 587. The van der Waals surface area contributed by atoms with Gasteiger partial charge in [-0.3, -0.25) is 0 Å². The summed E-state index contributed by atoms with van der Waals surface area (Å²) in [7, 11) is 0. The van der Waals surface area contributed by atoms with E-state index in [2.05, 4.69) is 21.2 Å². The van der Waals surface area contributed by atoms with Gasteiger partial charge in [0.1, 0.15) is 23.5 Å². The van der Waals surface area contributed by atoms with Gasteiger partial charge in [-0.15, -0.1) is 0 Å². The molecule has 0 radical (unpaired) electrons. The van der Waals surface area contributed by atoms with Crippen LogP contribution in [0, 0.1) is 11.6 Å². The summed E-state index contributed by atoms with van der Waals surface area (Å²) in [5, 5.41) is 2.48. The first-order valence-corrected chi connectivity index (χ1v) is 7.37. The van der Waals surface area contributed by atoms with Gasteiger partial charge >= 0.3 is 6.09 Å². The summed E-state index contributed by atoms with van der Waals surface area (Å²) in [6.07, 6.45) is -0.438. The van der Waals surface area contributed by atoms with E-state index in [4.69, 9.17) is 4.74 Å². The van der Waals surface area contributed by atoms with Crippen molar-refractivity contribution in [2.24, 2.45) is 0 Å². The molecule has 1 atom stereocenters. The summed E-state index contributed by atoms with van der Waals surface area (Å²) < 4.78 is 32.6. The van der Waals surface area contributed by atoms with E-state index in [1.165, 1.54) is 13.0 Å². The van der Waals surface area contributed by atoms with Crippen LogP contribution in [0.25, 0.3) is 0 Å². The van der Waals surface area contributed by atoms with Gasteiger partial charge in [-0.25, -0.2) is 13.6 Å². The number of ether oxygens (including phenoxy) is 1. The zero-order valence-corrected chi connectivity index (χ0v) is 14.4. The summed E-state index contributed by atoms with van der Waals surface area (Å²) in [6.45, 7) is 6.50. The average molecular weight is 378 g/mol. The third kappa shape index (κ3) is 4.76. The summed E-state index contributed by atoms with van der Waals surface area (Å²) in [5.41, 5.74) is -2.11. The van der Waals surface area contributed by atoms with Crippen molar-refractivity contribution in [3.8, 4) is 0 Å². The molecule has 4 nitrogen and oxygen atoms in total. The van der Waals surface area contributed by atoms with Crippen molar-refractivity contribution in [2.45, 2.75) is 45.3 Å². The minimum Gasteiger partial charge on any atom is -0.444 e. The molecule has 0 heterocycles. The Labute approximate surface area is 136 Å². The average Bonchev–Trinajstić information content (AvgIpc) is 2.31. The molecule has 0 aliphatic heterocycles. The Morgan fingerprint density at radius 3 is 2.36 bits per heavy atom. The molecule has 0 saturated carbocycles. The van der Waals surface area contributed by atoms with Gasteiger partial charge in [0.25, 0.3) is 0 Å². The molecule has 1 aromatic rings. The molecule has 1 aromatic carbocycles. The van der Waals surface area contributed by atoms with Crippen molar-refractivity contribution in [3.05, 3.63) is 33.8 Å². The Kier molecular flexibility index (Phi) is 5.67. The van der Waals surface area contributed by atoms with Crippen molar-refractivity contribution in [1.82, 2.24) is 5.32 Å². The summed E-state index contributed by atoms with van der Waals surface area (Å²) in [4.78, 5) is 22.9. The fourth-order valence-electron chi connectivity index (χ4n) is 1.87. The second kappa shape index (κ2) is 6.73. The van der Waals surface area contributed by atoms with E-state index in [1.54, 1.807) is 20.8 Å². The molecule has 0 fully saturated rings. The van der Waals surface area contributed by atoms with Gasteiger partial charge in [-0.05, 0) is 49.7 Å². The van der Waals surface area contributed by atoms with E-state index in [1.807, 2.05) is 0 Å². The van der Waals surface area contributed by atoms with Gasteiger partial charge in [0.2, 0.25) is 0 Å². The SMILES string of the molecule is CC(C)(C)OC(=O)N[C@@](C)(CC=O)c1cc(Br)c(F)cc1F. The number of hydrogen-bond donors (Lipinski definition) is 1. The second-order valence-corrected chi connectivity index (χ2v) is 6.93. The highest BCUT2D eigenvalue weighted by Gasteiger charge is 2.33. The van der Waals surface area contributed by atoms with Crippen molar-refractivity contribution in [3.63, 3.8) is 0 Å². The van der Waals surface area contributed by atoms with Gasteiger partial charge < -0.3 is 14.8 Å². The maximum absolute atomic E-state index is 14.1. The van der Waals surface area contributed by atoms with E-state index in [-0.39, 0.29) is 16.5 Å². The predicted molar refractivity (Wildman–Crippen MR) is 81.5 cm³/mol. The maximum Gasteiger partial charge on any atom is 0.408 e. The molecule has 7 heteroatoms. The van der Waals surface area contributed by atoms with E-state index in [9.17, 15) is 18.4 Å². The van der Waals surface area contributed by atoms with Crippen LogP contribution in [0.5, 0.6) is 0 Å². The van der Waals surface area contributed by atoms with Gasteiger partial charge in [-0.1, -0.05) is 0 Å². The first-order valence-electron chi connectivity index (χ1n) is 6.58. The van der Waals surface area contributed by atoms with Gasteiger partial charge in [0.15, 0.2) is 0 Å². The Morgan fingerprint density at radius 2 is 1.86 bits per heavy atom. The number of amides is 1. The summed E-state index contributed by atoms with van der Waals surface area (Å²) in [5.74, 6) is -1.63. The number of nitrogens with one attached hydrogen (secondary N) is 1. The van der Waals surface area contributed by atoms with E-state index in [0.717, 1.165) is 0 Å². The van der Waals surface area contributed by atoms with Gasteiger partial charge in [0, 0.05) is 18.1 Å². The lowest BCUT2D eigenvalue weighted by molar-refractivity contribution is -0.109. The lowest BCUT2D eigenvalue weighted by Gasteiger charge is -2.31. The van der Waals surface area contributed by atoms with Crippen LogP contribution in [0.2, 0.25) is 0 Å². The minimum absolute atomic E-state index is 0.0151. The van der Waals surface area contributed by atoms with E-state index in [0.29, 0.717) is 12.4 Å². The Morgan fingerprint density at radius 1 is 1.27 bits per heavy atom. The number of benzene rings is 1. The van der Waals surface area contributed by atoms with Crippen molar-refractivity contribution >= 4 is 28.3 Å². The molecular weight excluding hydrogens is 360 g/mol. The zero-order valence-electron chi connectivity index (χ0n) is 12.8. The van der Waals surface area contributed by atoms with Crippen molar-refractivity contribution < 1.29 is 23.1 Å². The van der Waals surface area contributed by atoms with Gasteiger partial charge in [-0.2, -0.15) is 0 Å². The number of hydrogen-bond acceptors (Lipinski definition) is 3. The molecule has 1 N–H and O–H groups in total. The van der Waals surface area contributed by atoms with E-state index < -0.39 is 28.9 Å². The topological polar surface area (TPSA) is 55.4 Å². The molecular formula is C15H18BrF2NO3. The maximum atomic E-state index is 14.1. The quantitative estimate of drug-likeness (QED) is 0.635. The molecule has 0 aliphatic rings. The first-order chi connectivity index (χ1) is 9.98. The van der Waals surface area contributed by atoms with Crippen LogP contribution in [0.4, 0.5) is 13.6 Å². The van der Waals surface area contributed by atoms with Crippen LogP contribution < -0.4 is 5.32 Å². The lowest BCUT2D eigenvalue weighted by atomic mass is 9.88. The van der Waals surface area contributed by atoms with Crippen molar-refractivity contribution in [1.29, 1.82) is 0 Å².